The van der Waals surface area contributed by atoms with Gasteiger partial charge in [-0.15, -0.1) is 0 Å². The number of halogens is 2. The average Bonchev–Trinajstić information content (AvgIpc) is 2.48. The van der Waals surface area contributed by atoms with Gasteiger partial charge in [-0.1, -0.05) is 60.5 Å². The molecule has 1 N–H and O–H groups in total. The molecule has 2 rings (SSSR count). The van der Waals surface area contributed by atoms with E-state index in [1.165, 1.54) is 12.1 Å². The lowest BCUT2D eigenvalue weighted by Crippen LogP contribution is -2.28. The van der Waals surface area contributed by atoms with Gasteiger partial charge in [0, 0.05) is 11.1 Å². The number of sulfonamides is 1. The largest absolute Gasteiger partial charge is 0.242 e. The lowest BCUT2D eigenvalue weighted by atomic mass is 10.1. The molecule has 0 unspecified atom stereocenters. The van der Waals surface area contributed by atoms with E-state index >= 15 is 0 Å². The molecular formula is C15H15Cl2NO2S. The van der Waals surface area contributed by atoms with E-state index in [0.29, 0.717) is 11.4 Å². The maximum absolute atomic E-state index is 12.5. The lowest BCUT2D eigenvalue weighted by molar-refractivity contribution is 0.550. The number of rotatable bonds is 5. The highest BCUT2D eigenvalue weighted by molar-refractivity contribution is 7.89. The van der Waals surface area contributed by atoms with Crippen molar-refractivity contribution < 1.29 is 8.42 Å². The Balaban J connectivity index is 2.34. The summed E-state index contributed by atoms with van der Waals surface area (Å²) in [4.78, 5) is -0.00829. The van der Waals surface area contributed by atoms with Crippen molar-refractivity contribution in [1.82, 2.24) is 4.72 Å². The van der Waals surface area contributed by atoms with Gasteiger partial charge in [0.25, 0.3) is 0 Å². The van der Waals surface area contributed by atoms with Gasteiger partial charge in [-0.25, -0.2) is 13.1 Å². The molecule has 1 atom stereocenters. The van der Waals surface area contributed by atoms with Crippen LogP contribution in [0.3, 0.4) is 0 Å². The minimum Gasteiger partial charge on any atom is -0.207 e. The zero-order valence-corrected chi connectivity index (χ0v) is 13.7. The van der Waals surface area contributed by atoms with E-state index in [9.17, 15) is 8.42 Å². The quantitative estimate of drug-likeness (QED) is 0.873. The van der Waals surface area contributed by atoms with Crippen LogP contribution < -0.4 is 4.72 Å². The molecule has 0 aliphatic carbocycles. The molecule has 0 fully saturated rings. The normalized spacial score (nSPS) is 13.1. The van der Waals surface area contributed by atoms with Gasteiger partial charge in [-0.05, 0) is 30.2 Å². The van der Waals surface area contributed by atoms with E-state index in [1.54, 1.807) is 6.07 Å². The SMILES string of the molecule is CC[C@H](NS(=O)(=O)c1cc(Cl)ccc1Cl)c1ccccc1. The molecule has 0 aromatic heterocycles. The molecule has 112 valence electrons. The highest BCUT2D eigenvalue weighted by Gasteiger charge is 2.22. The van der Waals surface area contributed by atoms with Gasteiger partial charge in [0.05, 0.1) is 5.02 Å². The van der Waals surface area contributed by atoms with Crippen molar-refractivity contribution in [3.63, 3.8) is 0 Å². The van der Waals surface area contributed by atoms with Crippen LogP contribution in [0.1, 0.15) is 24.9 Å². The maximum atomic E-state index is 12.5. The number of nitrogens with one attached hydrogen (secondary N) is 1. The van der Waals surface area contributed by atoms with Crippen LogP contribution in [0.25, 0.3) is 0 Å². The van der Waals surface area contributed by atoms with Crippen LogP contribution in [0.15, 0.2) is 53.4 Å². The summed E-state index contributed by atoms with van der Waals surface area (Å²) < 4.78 is 27.7. The molecule has 0 spiro atoms. The Morgan fingerprint density at radius 1 is 1.10 bits per heavy atom. The fourth-order valence-corrected chi connectivity index (χ4v) is 4.08. The van der Waals surface area contributed by atoms with Crippen LogP contribution in [-0.2, 0) is 10.0 Å². The van der Waals surface area contributed by atoms with Gasteiger partial charge in [0.15, 0.2) is 0 Å². The molecule has 2 aromatic rings. The summed E-state index contributed by atoms with van der Waals surface area (Å²) in [7, 11) is -3.74. The molecule has 3 nitrogen and oxygen atoms in total. The minimum atomic E-state index is -3.74. The Hall–Kier alpha value is -1.07. The Morgan fingerprint density at radius 3 is 2.38 bits per heavy atom. The summed E-state index contributed by atoms with van der Waals surface area (Å²) in [5.74, 6) is 0. The summed E-state index contributed by atoms with van der Waals surface area (Å²) in [5, 5.41) is 0.474. The Morgan fingerprint density at radius 2 is 1.76 bits per heavy atom. The second-order valence-corrected chi connectivity index (χ2v) is 7.09. The molecule has 21 heavy (non-hydrogen) atoms. The summed E-state index contributed by atoms with van der Waals surface area (Å²) >= 11 is 11.8. The predicted octanol–water partition coefficient (Wildman–Crippen LogP) is 4.42. The summed E-state index contributed by atoms with van der Waals surface area (Å²) in [6, 6.07) is 13.5. The van der Waals surface area contributed by atoms with E-state index in [-0.39, 0.29) is 16.0 Å². The molecule has 0 aliphatic heterocycles. The Labute approximate surface area is 135 Å². The van der Waals surface area contributed by atoms with Gasteiger partial charge in [-0.3, -0.25) is 0 Å². The van der Waals surface area contributed by atoms with E-state index in [1.807, 2.05) is 37.3 Å². The predicted molar refractivity (Wildman–Crippen MR) is 86.3 cm³/mol. The fraction of sp³-hybridized carbons (Fsp3) is 0.200. The van der Waals surface area contributed by atoms with Crippen LogP contribution in [-0.4, -0.2) is 8.42 Å². The lowest BCUT2D eigenvalue weighted by Gasteiger charge is -2.18. The third-order valence-corrected chi connectivity index (χ3v) is 5.28. The van der Waals surface area contributed by atoms with Gasteiger partial charge >= 0.3 is 0 Å². The first kappa shape index (κ1) is 16.3. The molecule has 6 heteroatoms. The molecule has 0 heterocycles. The molecule has 0 amide bonds. The van der Waals surface area contributed by atoms with Gasteiger partial charge in [0.2, 0.25) is 10.0 Å². The fourth-order valence-electron chi connectivity index (χ4n) is 2.01. The van der Waals surface area contributed by atoms with Crippen LogP contribution in [0.4, 0.5) is 0 Å². The summed E-state index contributed by atoms with van der Waals surface area (Å²) in [6.45, 7) is 1.92. The topological polar surface area (TPSA) is 46.2 Å². The van der Waals surface area contributed by atoms with Crippen LogP contribution in [0.2, 0.25) is 10.0 Å². The van der Waals surface area contributed by atoms with Gasteiger partial charge in [-0.2, -0.15) is 0 Å². The van der Waals surface area contributed by atoms with Crippen molar-refractivity contribution in [2.45, 2.75) is 24.3 Å². The van der Waals surface area contributed by atoms with E-state index in [2.05, 4.69) is 4.72 Å². The van der Waals surface area contributed by atoms with Crippen molar-refractivity contribution in [2.75, 3.05) is 0 Å². The minimum absolute atomic E-state index is 0.00829. The molecule has 0 saturated heterocycles. The zero-order valence-electron chi connectivity index (χ0n) is 11.4. The van der Waals surface area contributed by atoms with Crippen molar-refractivity contribution in [3.05, 3.63) is 64.1 Å². The number of hydrogen-bond acceptors (Lipinski definition) is 2. The van der Waals surface area contributed by atoms with E-state index in [0.717, 1.165) is 5.56 Å². The Kier molecular flexibility index (Phi) is 5.27. The van der Waals surface area contributed by atoms with Gasteiger partial charge in [0.1, 0.15) is 4.90 Å². The van der Waals surface area contributed by atoms with E-state index < -0.39 is 10.0 Å². The number of hydrogen-bond donors (Lipinski definition) is 1. The third kappa shape index (κ3) is 3.98. The second-order valence-electron chi connectivity index (χ2n) is 4.57. The van der Waals surface area contributed by atoms with Crippen LogP contribution in [0.5, 0.6) is 0 Å². The van der Waals surface area contributed by atoms with E-state index in [4.69, 9.17) is 23.2 Å². The monoisotopic (exact) mass is 343 g/mol. The highest BCUT2D eigenvalue weighted by atomic mass is 35.5. The molecule has 0 bridgehead atoms. The first-order valence-corrected chi connectivity index (χ1v) is 8.70. The first-order valence-electron chi connectivity index (χ1n) is 6.46. The molecule has 0 saturated carbocycles. The molecule has 0 radical (unpaired) electrons. The summed E-state index contributed by atoms with van der Waals surface area (Å²) in [6.07, 6.45) is 0.626. The van der Waals surface area contributed by atoms with Gasteiger partial charge < -0.3 is 0 Å². The smallest absolute Gasteiger partial charge is 0.207 e. The standard InChI is InChI=1S/C15H15Cl2NO2S/c1-2-14(11-6-4-3-5-7-11)18-21(19,20)15-10-12(16)8-9-13(15)17/h3-10,14,18H,2H2,1H3/t14-/m0/s1. The maximum Gasteiger partial charge on any atom is 0.242 e. The number of benzene rings is 2. The average molecular weight is 344 g/mol. The molecule has 2 aromatic carbocycles. The van der Waals surface area contributed by atoms with Crippen molar-refractivity contribution in [3.8, 4) is 0 Å². The van der Waals surface area contributed by atoms with Crippen molar-refractivity contribution in [1.29, 1.82) is 0 Å². The van der Waals surface area contributed by atoms with Crippen molar-refractivity contribution in [2.24, 2.45) is 0 Å². The summed E-state index contributed by atoms with van der Waals surface area (Å²) in [5.41, 5.74) is 0.904. The zero-order chi connectivity index (χ0) is 15.5. The Bertz CT molecular complexity index is 718. The molecular weight excluding hydrogens is 329 g/mol. The van der Waals surface area contributed by atoms with Crippen molar-refractivity contribution >= 4 is 33.2 Å². The molecule has 0 aliphatic rings. The first-order chi connectivity index (χ1) is 9.94. The van der Waals surface area contributed by atoms with Crippen LogP contribution in [0, 0.1) is 0 Å². The highest BCUT2D eigenvalue weighted by Crippen LogP contribution is 2.27. The second kappa shape index (κ2) is 6.79. The third-order valence-electron chi connectivity index (χ3n) is 3.09. The van der Waals surface area contributed by atoms with Crippen LogP contribution >= 0.6 is 23.2 Å².